The highest BCUT2D eigenvalue weighted by molar-refractivity contribution is 8.01. The Bertz CT molecular complexity index is 348. The highest BCUT2D eigenvalue weighted by Gasteiger charge is 2.14. The molecule has 0 saturated carbocycles. The van der Waals surface area contributed by atoms with Gasteiger partial charge in [-0.2, -0.15) is 0 Å². The largest absolute Gasteiger partial charge is 0.333 e. The maximum atomic E-state index is 11.3. The first-order valence-corrected chi connectivity index (χ1v) is 5.43. The number of nitrogens with zero attached hydrogens (tertiary/aromatic N) is 1. The summed E-state index contributed by atoms with van der Waals surface area (Å²) in [6.07, 6.45) is 0. The van der Waals surface area contributed by atoms with Gasteiger partial charge in [-0.3, -0.25) is 9.20 Å². The molecule has 0 fully saturated rings. The van der Waals surface area contributed by atoms with Crippen LogP contribution >= 0.6 is 0 Å². The Labute approximate surface area is 79.3 Å². The van der Waals surface area contributed by atoms with E-state index >= 15 is 0 Å². The molecule has 0 aromatic heterocycles. The van der Waals surface area contributed by atoms with Gasteiger partial charge in [-0.1, -0.05) is 18.2 Å². The Kier molecular flexibility index (Phi) is 2.40. The molecule has 1 aliphatic heterocycles. The van der Waals surface area contributed by atoms with Crippen molar-refractivity contribution in [2.45, 2.75) is 0 Å². The summed E-state index contributed by atoms with van der Waals surface area (Å²) in [7, 11) is -0.922. The number of benzene rings is 1. The Morgan fingerprint density at radius 3 is 2.69 bits per heavy atom. The molecular formula is C9H10N2OS. The highest BCUT2D eigenvalue weighted by Crippen LogP contribution is 2.08. The van der Waals surface area contributed by atoms with Crippen LogP contribution in [0.2, 0.25) is 0 Å². The van der Waals surface area contributed by atoms with Crippen LogP contribution in [0.25, 0.3) is 0 Å². The standard InChI is InChI=1S/C9H10N2OS/c12-13-7-6-10-9(13)11-8-4-2-1-3-5-8/h1-5H,6-7H2,(H,10,11). The van der Waals surface area contributed by atoms with Crippen molar-refractivity contribution in [1.82, 2.24) is 0 Å². The lowest BCUT2D eigenvalue weighted by Gasteiger charge is -2.03. The number of para-hydroxylation sites is 1. The van der Waals surface area contributed by atoms with Crippen LogP contribution in [-0.2, 0) is 10.8 Å². The molecule has 1 unspecified atom stereocenters. The summed E-state index contributed by atoms with van der Waals surface area (Å²) in [6.45, 7) is 0.668. The van der Waals surface area contributed by atoms with E-state index in [0.717, 1.165) is 5.69 Å². The molecule has 1 heterocycles. The van der Waals surface area contributed by atoms with Crippen molar-refractivity contribution in [1.29, 1.82) is 0 Å². The third kappa shape index (κ3) is 1.95. The average molecular weight is 194 g/mol. The van der Waals surface area contributed by atoms with Crippen molar-refractivity contribution in [3.63, 3.8) is 0 Å². The molecule has 1 N–H and O–H groups in total. The summed E-state index contributed by atoms with van der Waals surface area (Å²) < 4.78 is 11.3. The maximum absolute atomic E-state index is 11.3. The summed E-state index contributed by atoms with van der Waals surface area (Å²) in [5.41, 5.74) is 0.941. The van der Waals surface area contributed by atoms with E-state index in [9.17, 15) is 4.21 Å². The quantitative estimate of drug-likeness (QED) is 0.730. The Hall–Kier alpha value is -1.16. The Morgan fingerprint density at radius 1 is 1.31 bits per heavy atom. The van der Waals surface area contributed by atoms with Gasteiger partial charge in [0.1, 0.15) is 0 Å². The molecule has 0 aliphatic carbocycles. The first-order chi connectivity index (χ1) is 6.36. The molecule has 1 atom stereocenters. The van der Waals surface area contributed by atoms with E-state index in [2.05, 4.69) is 10.3 Å². The van der Waals surface area contributed by atoms with Gasteiger partial charge in [0.05, 0.1) is 23.1 Å². The second kappa shape index (κ2) is 3.70. The summed E-state index contributed by atoms with van der Waals surface area (Å²) in [6, 6.07) is 9.66. The minimum atomic E-state index is -0.922. The lowest BCUT2D eigenvalue weighted by atomic mass is 10.3. The molecule has 4 heteroatoms. The van der Waals surface area contributed by atoms with E-state index in [-0.39, 0.29) is 0 Å². The topological polar surface area (TPSA) is 41.5 Å². The zero-order chi connectivity index (χ0) is 9.10. The average Bonchev–Trinajstić information content (AvgIpc) is 2.54. The van der Waals surface area contributed by atoms with Crippen LogP contribution in [0.1, 0.15) is 0 Å². The van der Waals surface area contributed by atoms with Crippen LogP contribution < -0.4 is 5.32 Å². The van der Waals surface area contributed by atoms with E-state index in [1.807, 2.05) is 30.3 Å². The van der Waals surface area contributed by atoms with Crippen LogP contribution in [0, 0.1) is 0 Å². The van der Waals surface area contributed by atoms with Crippen LogP contribution in [-0.4, -0.2) is 21.7 Å². The number of anilines is 1. The first kappa shape index (κ1) is 8.44. The van der Waals surface area contributed by atoms with Crippen LogP contribution in [0.3, 0.4) is 0 Å². The molecule has 3 nitrogen and oxygen atoms in total. The minimum Gasteiger partial charge on any atom is -0.333 e. The van der Waals surface area contributed by atoms with E-state index < -0.39 is 10.8 Å². The van der Waals surface area contributed by atoms with Crippen molar-refractivity contribution in [3.05, 3.63) is 30.3 Å². The summed E-state index contributed by atoms with van der Waals surface area (Å²) in [4.78, 5) is 4.12. The van der Waals surface area contributed by atoms with E-state index in [1.165, 1.54) is 0 Å². The van der Waals surface area contributed by atoms with Crippen molar-refractivity contribution in [2.75, 3.05) is 17.6 Å². The number of hydrogen-bond donors (Lipinski definition) is 1. The predicted octanol–water partition coefficient (Wildman–Crippen LogP) is 1.22. The Morgan fingerprint density at radius 2 is 2.08 bits per heavy atom. The van der Waals surface area contributed by atoms with Crippen molar-refractivity contribution >= 4 is 21.7 Å². The van der Waals surface area contributed by atoms with E-state index in [0.29, 0.717) is 17.5 Å². The Balaban J connectivity index is 2.11. The fourth-order valence-electron chi connectivity index (χ4n) is 1.14. The summed E-state index contributed by atoms with van der Waals surface area (Å²) in [5.74, 6) is 0.648. The number of amidine groups is 1. The zero-order valence-corrected chi connectivity index (χ0v) is 7.88. The van der Waals surface area contributed by atoms with Crippen LogP contribution in [0.5, 0.6) is 0 Å². The monoisotopic (exact) mass is 194 g/mol. The van der Waals surface area contributed by atoms with Crippen LogP contribution in [0.4, 0.5) is 5.69 Å². The predicted molar refractivity (Wildman–Crippen MR) is 55.4 cm³/mol. The zero-order valence-electron chi connectivity index (χ0n) is 7.06. The molecular weight excluding hydrogens is 184 g/mol. The van der Waals surface area contributed by atoms with Gasteiger partial charge >= 0.3 is 0 Å². The molecule has 1 aromatic rings. The highest BCUT2D eigenvalue weighted by atomic mass is 32.2. The molecule has 0 amide bonds. The SMILES string of the molecule is O=S1CCN=C1Nc1ccccc1. The van der Waals surface area contributed by atoms with E-state index in [1.54, 1.807) is 0 Å². The van der Waals surface area contributed by atoms with E-state index in [4.69, 9.17) is 0 Å². The van der Waals surface area contributed by atoms with Gasteiger partial charge in [0.15, 0.2) is 5.17 Å². The molecule has 68 valence electrons. The van der Waals surface area contributed by atoms with Gasteiger partial charge in [0.2, 0.25) is 0 Å². The van der Waals surface area contributed by atoms with Crippen molar-refractivity contribution < 1.29 is 4.21 Å². The second-order valence-electron chi connectivity index (χ2n) is 2.73. The fourth-order valence-corrected chi connectivity index (χ4v) is 2.06. The number of hydrogen-bond acceptors (Lipinski definition) is 3. The second-order valence-corrected chi connectivity index (χ2v) is 4.21. The van der Waals surface area contributed by atoms with Gasteiger partial charge in [-0.15, -0.1) is 0 Å². The lowest BCUT2D eigenvalue weighted by Crippen LogP contribution is -2.14. The van der Waals surface area contributed by atoms with Gasteiger partial charge in [0, 0.05) is 5.69 Å². The van der Waals surface area contributed by atoms with Gasteiger partial charge in [0.25, 0.3) is 0 Å². The van der Waals surface area contributed by atoms with Crippen molar-refractivity contribution in [2.24, 2.45) is 4.99 Å². The molecule has 2 rings (SSSR count). The third-order valence-electron chi connectivity index (χ3n) is 1.77. The minimum absolute atomic E-state index is 0.603. The lowest BCUT2D eigenvalue weighted by molar-refractivity contribution is 0.691. The number of aliphatic imine (C=N–C) groups is 1. The molecule has 13 heavy (non-hydrogen) atoms. The molecule has 0 spiro atoms. The van der Waals surface area contributed by atoms with Crippen LogP contribution in [0.15, 0.2) is 35.3 Å². The van der Waals surface area contributed by atoms with Crippen molar-refractivity contribution in [3.8, 4) is 0 Å². The molecule has 0 radical (unpaired) electrons. The third-order valence-corrected chi connectivity index (χ3v) is 2.99. The number of nitrogens with one attached hydrogen (secondary N) is 1. The summed E-state index contributed by atoms with van der Waals surface area (Å²) in [5, 5.41) is 3.64. The molecule has 0 saturated heterocycles. The smallest absolute Gasteiger partial charge is 0.192 e. The maximum Gasteiger partial charge on any atom is 0.192 e. The molecule has 0 bridgehead atoms. The first-order valence-electron chi connectivity index (χ1n) is 4.11. The molecule has 1 aliphatic rings. The fraction of sp³-hybridized carbons (Fsp3) is 0.222. The van der Waals surface area contributed by atoms with Gasteiger partial charge in [-0.05, 0) is 12.1 Å². The normalized spacial score (nSPS) is 21.2. The molecule has 1 aromatic carbocycles. The van der Waals surface area contributed by atoms with Gasteiger partial charge in [-0.25, -0.2) is 0 Å². The summed E-state index contributed by atoms with van der Waals surface area (Å²) >= 11 is 0. The number of rotatable bonds is 1. The van der Waals surface area contributed by atoms with Gasteiger partial charge < -0.3 is 5.32 Å².